The largest absolute Gasteiger partial charge is 0.454 e. The Kier molecular flexibility index (Phi) is 5.48. The number of esters is 1. The molecule has 2 atom stereocenters. The fourth-order valence-corrected chi connectivity index (χ4v) is 3.48. The number of ether oxygens (including phenoxy) is 1. The lowest BCUT2D eigenvalue weighted by Gasteiger charge is -2.19. The first-order valence-electron chi connectivity index (χ1n) is 8.62. The van der Waals surface area contributed by atoms with Gasteiger partial charge in [0.15, 0.2) is 6.61 Å². The highest BCUT2D eigenvalue weighted by atomic mass is 19.1. The van der Waals surface area contributed by atoms with Gasteiger partial charge < -0.3 is 10.1 Å². The molecule has 9 heteroatoms. The number of hydrogen-bond acceptors (Lipinski definition) is 5. The number of likely N-dealkylation sites (tertiary alicyclic amines) is 1. The minimum absolute atomic E-state index is 0.258. The van der Waals surface area contributed by atoms with Gasteiger partial charge in [0.1, 0.15) is 18.2 Å². The van der Waals surface area contributed by atoms with Crippen molar-refractivity contribution < 1.29 is 32.7 Å². The number of rotatable bonds is 5. The molecule has 7 nitrogen and oxygen atoms in total. The number of imide groups is 1. The van der Waals surface area contributed by atoms with E-state index in [-0.39, 0.29) is 29.3 Å². The Morgan fingerprint density at radius 3 is 2.33 bits per heavy atom. The molecule has 1 heterocycles. The summed E-state index contributed by atoms with van der Waals surface area (Å²) >= 11 is 0. The Balaban J connectivity index is 1.50. The topological polar surface area (TPSA) is 92.8 Å². The van der Waals surface area contributed by atoms with Crippen molar-refractivity contribution in [3.05, 3.63) is 29.8 Å². The second-order valence-corrected chi connectivity index (χ2v) is 6.59. The van der Waals surface area contributed by atoms with Gasteiger partial charge in [0.25, 0.3) is 5.91 Å². The van der Waals surface area contributed by atoms with Crippen molar-refractivity contribution in [3.8, 4) is 0 Å². The second-order valence-electron chi connectivity index (χ2n) is 6.59. The first-order valence-corrected chi connectivity index (χ1v) is 8.62. The SMILES string of the molecule is O=C(COC(=O)CN1C(=O)C2CCCCC2C1=O)Nc1ccc(F)cc1F. The minimum atomic E-state index is -0.967. The van der Waals surface area contributed by atoms with E-state index in [2.05, 4.69) is 5.32 Å². The molecule has 1 aliphatic heterocycles. The van der Waals surface area contributed by atoms with Crippen LogP contribution in [0.4, 0.5) is 14.5 Å². The average Bonchev–Trinajstić information content (AvgIpc) is 2.88. The third-order valence-corrected chi connectivity index (χ3v) is 4.79. The first-order chi connectivity index (χ1) is 12.9. The van der Waals surface area contributed by atoms with Gasteiger partial charge in [-0.15, -0.1) is 0 Å². The number of amides is 3. The van der Waals surface area contributed by atoms with Gasteiger partial charge in [0.05, 0.1) is 17.5 Å². The molecule has 2 unspecified atom stereocenters. The number of fused-ring (bicyclic) bond motifs is 1. The summed E-state index contributed by atoms with van der Waals surface area (Å²) in [5.41, 5.74) is -0.258. The lowest BCUT2D eigenvalue weighted by molar-refractivity contribution is -0.154. The molecule has 1 saturated carbocycles. The summed E-state index contributed by atoms with van der Waals surface area (Å²) in [6.07, 6.45) is 3.01. The van der Waals surface area contributed by atoms with Crippen LogP contribution < -0.4 is 5.32 Å². The van der Waals surface area contributed by atoms with Gasteiger partial charge in [-0.3, -0.25) is 24.1 Å². The maximum atomic E-state index is 13.5. The minimum Gasteiger partial charge on any atom is -0.454 e. The quantitative estimate of drug-likeness (QED) is 0.619. The zero-order valence-corrected chi connectivity index (χ0v) is 14.4. The van der Waals surface area contributed by atoms with Crippen LogP contribution in [-0.4, -0.2) is 41.7 Å². The summed E-state index contributed by atoms with van der Waals surface area (Å²) < 4.78 is 31.1. The van der Waals surface area contributed by atoms with Crippen molar-refractivity contribution in [3.63, 3.8) is 0 Å². The fraction of sp³-hybridized carbons (Fsp3) is 0.444. The molecule has 0 bridgehead atoms. The summed E-state index contributed by atoms with van der Waals surface area (Å²) in [6.45, 7) is -1.28. The molecule has 2 aliphatic rings. The van der Waals surface area contributed by atoms with Crippen molar-refractivity contribution >= 4 is 29.4 Å². The molecule has 3 amide bonds. The molecule has 144 valence electrons. The van der Waals surface area contributed by atoms with E-state index in [9.17, 15) is 28.0 Å². The number of hydrogen-bond donors (Lipinski definition) is 1. The van der Waals surface area contributed by atoms with Crippen LogP contribution in [0.25, 0.3) is 0 Å². The fourth-order valence-electron chi connectivity index (χ4n) is 3.48. The van der Waals surface area contributed by atoms with Gasteiger partial charge >= 0.3 is 5.97 Å². The smallest absolute Gasteiger partial charge is 0.326 e. The standard InChI is InChI=1S/C18H18F2N2O5/c19-10-5-6-14(13(20)7-10)21-15(23)9-27-16(24)8-22-17(25)11-3-1-2-4-12(11)18(22)26/h5-7,11-12H,1-4,8-9H2,(H,21,23). The monoisotopic (exact) mass is 380 g/mol. The molecule has 1 aromatic carbocycles. The predicted molar refractivity (Wildman–Crippen MR) is 88.1 cm³/mol. The molecule has 0 spiro atoms. The number of halogens is 2. The normalized spacial score (nSPS) is 21.8. The lowest BCUT2D eigenvalue weighted by atomic mass is 9.81. The first kappa shape index (κ1) is 18.9. The van der Waals surface area contributed by atoms with Gasteiger partial charge in [0.2, 0.25) is 11.8 Å². The average molecular weight is 380 g/mol. The highest BCUT2D eigenvalue weighted by molar-refractivity contribution is 6.07. The van der Waals surface area contributed by atoms with Gasteiger partial charge in [-0.1, -0.05) is 12.8 Å². The highest BCUT2D eigenvalue weighted by Gasteiger charge is 2.48. The molecule has 2 fully saturated rings. The Morgan fingerprint density at radius 1 is 1.11 bits per heavy atom. The van der Waals surface area contributed by atoms with Crippen LogP contribution in [-0.2, 0) is 23.9 Å². The molecule has 1 aliphatic carbocycles. The van der Waals surface area contributed by atoms with E-state index in [0.717, 1.165) is 29.9 Å². The van der Waals surface area contributed by atoms with Crippen molar-refractivity contribution in [2.45, 2.75) is 25.7 Å². The molecule has 1 saturated heterocycles. The summed E-state index contributed by atoms with van der Waals surface area (Å²) in [7, 11) is 0. The van der Waals surface area contributed by atoms with E-state index in [4.69, 9.17) is 4.74 Å². The summed E-state index contributed by atoms with van der Waals surface area (Å²) in [4.78, 5) is 49.1. The highest BCUT2D eigenvalue weighted by Crippen LogP contribution is 2.37. The van der Waals surface area contributed by atoms with Crippen LogP contribution in [0.1, 0.15) is 25.7 Å². The van der Waals surface area contributed by atoms with Crippen molar-refractivity contribution in [2.75, 3.05) is 18.5 Å². The zero-order chi connectivity index (χ0) is 19.6. The van der Waals surface area contributed by atoms with Crippen molar-refractivity contribution in [2.24, 2.45) is 11.8 Å². The van der Waals surface area contributed by atoms with E-state index < -0.39 is 36.7 Å². The van der Waals surface area contributed by atoms with Crippen molar-refractivity contribution in [1.82, 2.24) is 4.90 Å². The van der Waals surface area contributed by atoms with E-state index in [1.807, 2.05) is 0 Å². The van der Waals surface area contributed by atoms with E-state index in [0.29, 0.717) is 18.9 Å². The molecule has 3 rings (SSSR count). The van der Waals surface area contributed by atoms with Crippen LogP contribution in [0.3, 0.4) is 0 Å². The summed E-state index contributed by atoms with van der Waals surface area (Å²) in [5, 5.41) is 2.14. The molecule has 27 heavy (non-hydrogen) atoms. The Labute approximate surface area is 153 Å². The number of benzene rings is 1. The van der Waals surface area contributed by atoms with Gasteiger partial charge in [-0.05, 0) is 25.0 Å². The second kappa shape index (κ2) is 7.81. The number of carbonyl (C=O) groups excluding carboxylic acids is 4. The van der Waals surface area contributed by atoms with E-state index in [1.54, 1.807) is 0 Å². The maximum absolute atomic E-state index is 13.5. The third kappa shape index (κ3) is 4.12. The van der Waals surface area contributed by atoms with Crippen molar-refractivity contribution in [1.29, 1.82) is 0 Å². The van der Waals surface area contributed by atoms with Gasteiger partial charge in [0, 0.05) is 6.07 Å². The number of nitrogens with one attached hydrogen (secondary N) is 1. The van der Waals surface area contributed by atoms with Gasteiger partial charge in [-0.2, -0.15) is 0 Å². The molecule has 1 aromatic rings. The summed E-state index contributed by atoms with van der Waals surface area (Å²) in [5.74, 6) is -5.00. The van der Waals surface area contributed by atoms with Gasteiger partial charge in [-0.25, -0.2) is 8.78 Å². The zero-order valence-electron chi connectivity index (χ0n) is 14.4. The molecular weight excluding hydrogens is 362 g/mol. The third-order valence-electron chi connectivity index (χ3n) is 4.79. The Morgan fingerprint density at radius 2 is 1.74 bits per heavy atom. The molecule has 0 radical (unpaired) electrons. The molecule has 0 aromatic heterocycles. The van der Waals surface area contributed by atoms with Crippen LogP contribution in [0.2, 0.25) is 0 Å². The van der Waals surface area contributed by atoms with E-state index in [1.165, 1.54) is 0 Å². The molecule has 1 N–H and O–H groups in total. The van der Waals surface area contributed by atoms with E-state index >= 15 is 0 Å². The Bertz CT molecular complexity index is 774. The number of anilines is 1. The van der Waals surface area contributed by atoms with Crippen LogP contribution in [0, 0.1) is 23.5 Å². The number of nitrogens with zero attached hydrogens (tertiary/aromatic N) is 1. The van der Waals surface area contributed by atoms with Crippen LogP contribution >= 0.6 is 0 Å². The van der Waals surface area contributed by atoms with Crippen LogP contribution in [0.5, 0.6) is 0 Å². The number of carbonyl (C=O) groups is 4. The Hall–Kier alpha value is -2.84. The van der Waals surface area contributed by atoms with Crippen LogP contribution in [0.15, 0.2) is 18.2 Å². The summed E-state index contributed by atoms with van der Waals surface area (Å²) in [6, 6.07) is 2.61. The molecular formula is C18H18F2N2O5. The lowest BCUT2D eigenvalue weighted by Crippen LogP contribution is -2.37. The maximum Gasteiger partial charge on any atom is 0.326 e. The predicted octanol–water partition coefficient (Wildman–Crippen LogP) is 1.62.